The molecule has 0 unspecified atom stereocenters. The SMILES string of the molecule is Fc1cccc(Cl)c1COc1ccc(Br)c(CBr)c1. The number of rotatable bonds is 4. The van der Waals surface area contributed by atoms with E-state index in [2.05, 4.69) is 31.9 Å². The van der Waals surface area contributed by atoms with Gasteiger partial charge in [0.25, 0.3) is 0 Å². The summed E-state index contributed by atoms with van der Waals surface area (Å²) in [5.74, 6) is 0.322. The normalized spacial score (nSPS) is 10.5. The first kappa shape index (κ1) is 14.8. The average molecular weight is 408 g/mol. The van der Waals surface area contributed by atoms with E-state index in [1.165, 1.54) is 6.07 Å². The maximum atomic E-state index is 13.6. The van der Waals surface area contributed by atoms with Crippen LogP contribution in [0.15, 0.2) is 40.9 Å². The summed E-state index contributed by atoms with van der Waals surface area (Å²) in [6, 6.07) is 10.2. The van der Waals surface area contributed by atoms with Gasteiger partial charge in [0.2, 0.25) is 0 Å². The molecule has 2 aromatic carbocycles. The number of ether oxygens (including phenoxy) is 1. The molecule has 1 nitrogen and oxygen atoms in total. The molecule has 0 aliphatic rings. The van der Waals surface area contributed by atoms with E-state index in [0.29, 0.717) is 21.7 Å². The molecule has 0 saturated heterocycles. The Hall–Kier alpha value is -0.580. The molecule has 0 spiro atoms. The predicted molar refractivity (Wildman–Crippen MR) is 82.5 cm³/mol. The molecule has 0 bridgehead atoms. The van der Waals surface area contributed by atoms with Crippen LogP contribution in [0.5, 0.6) is 5.75 Å². The Kier molecular flexibility index (Phi) is 5.25. The smallest absolute Gasteiger partial charge is 0.131 e. The molecule has 0 atom stereocenters. The highest BCUT2D eigenvalue weighted by Gasteiger charge is 2.08. The van der Waals surface area contributed by atoms with Crippen LogP contribution >= 0.6 is 43.5 Å². The first-order valence-electron chi connectivity index (χ1n) is 5.52. The molecule has 100 valence electrons. The number of hydrogen-bond acceptors (Lipinski definition) is 1. The van der Waals surface area contributed by atoms with Crippen molar-refractivity contribution in [3.63, 3.8) is 0 Å². The number of halogens is 4. The number of benzene rings is 2. The molecule has 0 aromatic heterocycles. The minimum absolute atomic E-state index is 0.106. The predicted octanol–water partition coefficient (Wildman–Crippen LogP) is 5.72. The summed E-state index contributed by atoms with van der Waals surface area (Å²) >= 11 is 12.8. The summed E-state index contributed by atoms with van der Waals surface area (Å²) < 4.78 is 20.2. The van der Waals surface area contributed by atoms with Gasteiger partial charge >= 0.3 is 0 Å². The molecule has 5 heteroatoms. The Morgan fingerprint density at radius 2 is 2.00 bits per heavy atom. The van der Waals surface area contributed by atoms with Gasteiger partial charge in [-0.3, -0.25) is 0 Å². The van der Waals surface area contributed by atoms with Crippen molar-refractivity contribution in [2.24, 2.45) is 0 Å². The minimum Gasteiger partial charge on any atom is -0.489 e. The van der Waals surface area contributed by atoms with Crippen molar-refractivity contribution >= 4 is 43.5 Å². The van der Waals surface area contributed by atoms with Crippen molar-refractivity contribution < 1.29 is 9.13 Å². The lowest BCUT2D eigenvalue weighted by molar-refractivity contribution is 0.299. The van der Waals surface area contributed by atoms with Crippen molar-refractivity contribution in [1.29, 1.82) is 0 Å². The summed E-state index contributed by atoms with van der Waals surface area (Å²) in [7, 11) is 0. The van der Waals surface area contributed by atoms with Gasteiger partial charge in [0, 0.05) is 15.4 Å². The van der Waals surface area contributed by atoms with Crippen LogP contribution in [0, 0.1) is 5.82 Å². The van der Waals surface area contributed by atoms with E-state index in [1.54, 1.807) is 12.1 Å². The van der Waals surface area contributed by atoms with Gasteiger partial charge in [0.05, 0.1) is 5.02 Å². The van der Waals surface area contributed by atoms with Crippen LogP contribution in [0.3, 0.4) is 0 Å². The Morgan fingerprint density at radius 3 is 2.68 bits per heavy atom. The number of hydrogen-bond donors (Lipinski definition) is 0. The van der Waals surface area contributed by atoms with Crippen molar-refractivity contribution in [2.45, 2.75) is 11.9 Å². The lowest BCUT2D eigenvalue weighted by atomic mass is 10.2. The van der Waals surface area contributed by atoms with Crippen LogP contribution in [0.25, 0.3) is 0 Å². The highest BCUT2D eigenvalue weighted by Crippen LogP contribution is 2.26. The summed E-state index contributed by atoms with van der Waals surface area (Å²) in [6.07, 6.45) is 0. The second kappa shape index (κ2) is 6.73. The third-order valence-corrected chi connectivity index (χ3v) is 4.34. The highest BCUT2D eigenvalue weighted by atomic mass is 79.9. The van der Waals surface area contributed by atoms with E-state index in [9.17, 15) is 4.39 Å². The first-order chi connectivity index (χ1) is 9.11. The fraction of sp³-hybridized carbons (Fsp3) is 0.143. The molecule has 0 aliphatic carbocycles. The van der Waals surface area contributed by atoms with Gasteiger partial charge in [-0.15, -0.1) is 0 Å². The molecule has 2 rings (SSSR count). The Labute approximate surface area is 133 Å². The molecule has 0 radical (unpaired) electrons. The Morgan fingerprint density at radius 1 is 1.21 bits per heavy atom. The van der Waals surface area contributed by atoms with E-state index in [0.717, 1.165) is 10.0 Å². The molecule has 19 heavy (non-hydrogen) atoms. The molecular weight excluding hydrogens is 398 g/mol. The summed E-state index contributed by atoms with van der Waals surface area (Å²) in [4.78, 5) is 0. The molecule has 0 amide bonds. The third-order valence-electron chi connectivity index (χ3n) is 2.61. The molecule has 0 heterocycles. The van der Waals surface area contributed by atoms with E-state index >= 15 is 0 Å². The van der Waals surface area contributed by atoms with Crippen molar-refractivity contribution in [1.82, 2.24) is 0 Å². The van der Waals surface area contributed by atoms with Crippen LogP contribution in [0.2, 0.25) is 5.02 Å². The van der Waals surface area contributed by atoms with Gasteiger partial charge in [-0.05, 0) is 35.9 Å². The second-order valence-corrected chi connectivity index (χ2v) is 5.70. The van der Waals surface area contributed by atoms with Gasteiger partial charge in [-0.1, -0.05) is 49.5 Å². The van der Waals surface area contributed by atoms with Crippen LogP contribution in [-0.2, 0) is 11.9 Å². The fourth-order valence-electron chi connectivity index (χ4n) is 1.57. The topological polar surface area (TPSA) is 9.23 Å². The van der Waals surface area contributed by atoms with Crippen molar-refractivity contribution in [2.75, 3.05) is 0 Å². The summed E-state index contributed by atoms with van der Waals surface area (Å²) in [5, 5.41) is 1.09. The van der Waals surface area contributed by atoms with Crippen molar-refractivity contribution in [3.8, 4) is 5.75 Å². The van der Waals surface area contributed by atoms with Crippen LogP contribution in [-0.4, -0.2) is 0 Å². The average Bonchev–Trinajstić information content (AvgIpc) is 2.40. The van der Waals surface area contributed by atoms with Crippen LogP contribution < -0.4 is 4.74 Å². The number of alkyl halides is 1. The summed E-state index contributed by atoms with van der Waals surface area (Å²) in [6.45, 7) is 0.106. The zero-order valence-corrected chi connectivity index (χ0v) is 13.7. The monoisotopic (exact) mass is 406 g/mol. The molecule has 0 saturated carbocycles. The van der Waals surface area contributed by atoms with E-state index in [4.69, 9.17) is 16.3 Å². The lowest BCUT2D eigenvalue weighted by Crippen LogP contribution is -2.00. The van der Waals surface area contributed by atoms with E-state index in [1.807, 2.05) is 18.2 Å². The zero-order chi connectivity index (χ0) is 13.8. The van der Waals surface area contributed by atoms with Crippen LogP contribution in [0.1, 0.15) is 11.1 Å². The Bertz CT molecular complexity index is 569. The first-order valence-corrected chi connectivity index (χ1v) is 7.81. The molecule has 0 N–H and O–H groups in total. The summed E-state index contributed by atoms with van der Waals surface area (Å²) in [5.41, 5.74) is 1.43. The fourth-order valence-corrected chi connectivity index (χ4v) is 3.01. The maximum Gasteiger partial charge on any atom is 0.131 e. The minimum atomic E-state index is -0.356. The maximum absolute atomic E-state index is 13.6. The van der Waals surface area contributed by atoms with E-state index < -0.39 is 0 Å². The molecule has 0 aliphatic heterocycles. The largest absolute Gasteiger partial charge is 0.489 e. The lowest BCUT2D eigenvalue weighted by Gasteiger charge is -2.10. The van der Waals surface area contributed by atoms with Gasteiger partial charge in [-0.2, -0.15) is 0 Å². The molecule has 2 aromatic rings. The second-order valence-electron chi connectivity index (χ2n) is 3.88. The van der Waals surface area contributed by atoms with Crippen molar-refractivity contribution in [3.05, 3.63) is 62.8 Å². The standard InChI is InChI=1S/C14H10Br2ClFO/c15-7-9-6-10(4-5-12(9)16)19-8-11-13(17)2-1-3-14(11)18/h1-6H,7-8H2. The Balaban J connectivity index is 2.15. The van der Waals surface area contributed by atoms with Gasteiger partial charge in [-0.25, -0.2) is 4.39 Å². The van der Waals surface area contributed by atoms with E-state index in [-0.39, 0.29) is 12.4 Å². The van der Waals surface area contributed by atoms with Crippen LogP contribution in [0.4, 0.5) is 4.39 Å². The highest BCUT2D eigenvalue weighted by molar-refractivity contribution is 9.10. The van der Waals surface area contributed by atoms with Gasteiger partial charge < -0.3 is 4.74 Å². The molecular formula is C14H10Br2ClFO. The van der Waals surface area contributed by atoms with Gasteiger partial charge in [0.1, 0.15) is 18.2 Å². The quantitative estimate of drug-likeness (QED) is 0.589. The van der Waals surface area contributed by atoms with Gasteiger partial charge in [0.15, 0.2) is 0 Å². The zero-order valence-electron chi connectivity index (χ0n) is 9.80. The third kappa shape index (κ3) is 3.71. The molecule has 0 fully saturated rings.